The van der Waals surface area contributed by atoms with Crippen molar-refractivity contribution in [3.05, 3.63) is 17.7 Å². The highest BCUT2D eigenvalue weighted by Gasteiger charge is 2.53. The highest BCUT2D eigenvalue weighted by atomic mass is 28.3. The first kappa shape index (κ1) is 19.5. The van der Waals surface area contributed by atoms with Crippen LogP contribution < -0.4 is 10.6 Å². The van der Waals surface area contributed by atoms with Gasteiger partial charge in [0.2, 0.25) is 0 Å². The highest BCUT2D eigenvalue weighted by molar-refractivity contribution is 6.92. The minimum atomic E-state index is -1.66. The van der Waals surface area contributed by atoms with Gasteiger partial charge in [0.25, 0.3) is 0 Å². The largest absolute Gasteiger partial charge is 0.508 e. The van der Waals surface area contributed by atoms with Crippen LogP contribution in [0.2, 0.25) is 19.6 Å². The molecule has 1 heterocycles. The first-order valence-corrected chi connectivity index (χ1v) is 12.6. The Morgan fingerprint density at radius 1 is 1.04 bits per heavy atom. The molecule has 0 unspecified atom stereocenters. The Labute approximate surface area is 148 Å². The standard InChI is InChI=1S/C19H33BO3Si/c1-9-10-11-14-12-15(21)17(16(13-14)24(6,7)8)20-22-18(2,3)19(4,5)23-20/h12-13,21H,9-11H2,1-8H3. The van der Waals surface area contributed by atoms with Crippen molar-refractivity contribution in [2.24, 2.45) is 0 Å². The van der Waals surface area contributed by atoms with E-state index in [0.717, 1.165) is 24.7 Å². The summed E-state index contributed by atoms with van der Waals surface area (Å²) in [6, 6.07) is 4.18. The number of hydrogen-bond donors (Lipinski definition) is 1. The molecule has 0 aliphatic carbocycles. The average Bonchev–Trinajstić information content (AvgIpc) is 2.63. The van der Waals surface area contributed by atoms with Gasteiger partial charge in [-0.2, -0.15) is 0 Å². The molecule has 2 rings (SSSR count). The summed E-state index contributed by atoms with van der Waals surface area (Å²) < 4.78 is 12.5. The maximum Gasteiger partial charge on any atom is 0.498 e. The molecule has 0 spiro atoms. The van der Waals surface area contributed by atoms with Gasteiger partial charge in [-0.3, -0.25) is 0 Å². The fraction of sp³-hybridized carbons (Fsp3) is 0.684. The summed E-state index contributed by atoms with van der Waals surface area (Å²) in [5.74, 6) is 0.319. The average molecular weight is 348 g/mol. The Bertz CT molecular complexity index is 589. The molecule has 0 radical (unpaired) electrons. The van der Waals surface area contributed by atoms with Crippen molar-refractivity contribution >= 4 is 25.8 Å². The Kier molecular flexibility index (Phi) is 5.30. The van der Waals surface area contributed by atoms with E-state index in [1.54, 1.807) is 0 Å². The normalized spacial score (nSPS) is 19.8. The molecule has 3 nitrogen and oxygen atoms in total. The Morgan fingerprint density at radius 2 is 1.58 bits per heavy atom. The molecule has 24 heavy (non-hydrogen) atoms. The predicted molar refractivity (Wildman–Crippen MR) is 105 cm³/mol. The molecule has 1 aromatic carbocycles. The summed E-state index contributed by atoms with van der Waals surface area (Å²) in [5, 5.41) is 12.0. The molecule has 0 amide bonds. The summed E-state index contributed by atoms with van der Waals surface area (Å²) in [7, 11) is -2.16. The number of aromatic hydroxyl groups is 1. The third kappa shape index (κ3) is 3.73. The van der Waals surface area contributed by atoms with Crippen LogP contribution in [0, 0.1) is 0 Å². The fourth-order valence-electron chi connectivity index (χ4n) is 3.05. The number of hydrogen-bond acceptors (Lipinski definition) is 3. The fourth-order valence-corrected chi connectivity index (χ4v) is 4.72. The topological polar surface area (TPSA) is 38.7 Å². The Hall–Kier alpha value is -0.778. The zero-order valence-corrected chi connectivity index (χ0v) is 17.6. The van der Waals surface area contributed by atoms with Gasteiger partial charge in [0.1, 0.15) is 5.75 Å². The molecule has 0 bridgehead atoms. The minimum Gasteiger partial charge on any atom is -0.508 e. The lowest BCUT2D eigenvalue weighted by Crippen LogP contribution is -2.54. The number of phenolic OH excluding ortho intramolecular Hbond substituents is 1. The Balaban J connectivity index is 2.50. The monoisotopic (exact) mass is 348 g/mol. The molecule has 1 saturated heterocycles. The smallest absolute Gasteiger partial charge is 0.498 e. The third-order valence-electron chi connectivity index (χ3n) is 5.33. The van der Waals surface area contributed by atoms with Crippen molar-refractivity contribution in [3.63, 3.8) is 0 Å². The van der Waals surface area contributed by atoms with Crippen LogP contribution in [0.4, 0.5) is 0 Å². The second kappa shape index (κ2) is 6.51. The van der Waals surface area contributed by atoms with E-state index < -0.39 is 26.4 Å². The summed E-state index contributed by atoms with van der Waals surface area (Å²) in [5.41, 5.74) is 1.25. The van der Waals surface area contributed by atoms with E-state index in [0.29, 0.717) is 5.75 Å². The molecule has 1 aromatic rings. The van der Waals surface area contributed by atoms with Crippen molar-refractivity contribution < 1.29 is 14.4 Å². The summed E-state index contributed by atoms with van der Waals surface area (Å²) in [6.45, 7) is 17.3. The van der Waals surface area contributed by atoms with Crippen LogP contribution in [0.25, 0.3) is 0 Å². The molecule has 1 aliphatic heterocycles. The number of unbranched alkanes of at least 4 members (excludes halogenated alkanes) is 1. The maximum atomic E-state index is 10.8. The van der Waals surface area contributed by atoms with Crippen molar-refractivity contribution in [2.45, 2.75) is 84.7 Å². The molecule has 5 heteroatoms. The zero-order valence-electron chi connectivity index (χ0n) is 16.6. The molecule has 1 N–H and O–H groups in total. The SMILES string of the molecule is CCCCc1cc(O)c(B2OC(C)(C)C(C)(C)O2)c([Si](C)(C)C)c1. The highest BCUT2D eigenvalue weighted by Crippen LogP contribution is 2.37. The van der Waals surface area contributed by atoms with Gasteiger partial charge < -0.3 is 14.4 Å². The first-order chi connectivity index (χ1) is 10.9. The van der Waals surface area contributed by atoms with Crippen molar-refractivity contribution in [1.29, 1.82) is 0 Å². The van der Waals surface area contributed by atoms with Crippen LogP contribution >= 0.6 is 0 Å². The third-order valence-corrected chi connectivity index (χ3v) is 7.36. The van der Waals surface area contributed by atoms with E-state index >= 15 is 0 Å². The van der Waals surface area contributed by atoms with E-state index in [4.69, 9.17) is 9.31 Å². The number of benzene rings is 1. The van der Waals surface area contributed by atoms with Crippen molar-refractivity contribution in [2.75, 3.05) is 0 Å². The molecule has 0 atom stereocenters. The zero-order chi connectivity index (χ0) is 18.3. The molecular weight excluding hydrogens is 315 g/mol. The van der Waals surface area contributed by atoms with Crippen LogP contribution in [0.3, 0.4) is 0 Å². The van der Waals surface area contributed by atoms with Gasteiger partial charge in [-0.05, 0) is 52.2 Å². The second-order valence-electron chi connectivity index (χ2n) is 9.02. The van der Waals surface area contributed by atoms with Gasteiger partial charge in [0, 0.05) is 5.46 Å². The van der Waals surface area contributed by atoms with Crippen molar-refractivity contribution in [3.8, 4) is 5.75 Å². The van der Waals surface area contributed by atoms with E-state index in [1.165, 1.54) is 10.8 Å². The van der Waals surface area contributed by atoms with Gasteiger partial charge in [0.15, 0.2) is 0 Å². The summed E-state index contributed by atoms with van der Waals surface area (Å²) in [6.07, 6.45) is 3.30. The summed E-state index contributed by atoms with van der Waals surface area (Å²) in [4.78, 5) is 0. The van der Waals surface area contributed by atoms with Crippen LogP contribution in [0.1, 0.15) is 53.0 Å². The molecule has 0 saturated carbocycles. The maximum absolute atomic E-state index is 10.8. The van der Waals surface area contributed by atoms with Gasteiger partial charge in [-0.15, -0.1) is 0 Å². The lowest BCUT2D eigenvalue weighted by Gasteiger charge is -2.32. The predicted octanol–water partition coefficient (Wildman–Crippen LogP) is 3.58. The Morgan fingerprint density at radius 3 is 2.04 bits per heavy atom. The quantitative estimate of drug-likeness (QED) is 0.827. The van der Waals surface area contributed by atoms with E-state index in [2.05, 4.69) is 32.6 Å². The van der Waals surface area contributed by atoms with Gasteiger partial charge in [-0.25, -0.2) is 0 Å². The minimum absolute atomic E-state index is 0.319. The second-order valence-corrected chi connectivity index (χ2v) is 14.1. The molecule has 1 aliphatic rings. The van der Waals surface area contributed by atoms with E-state index in [1.807, 2.05) is 33.8 Å². The van der Waals surface area contributed by atoms with Crippen molar-refractivity contribution in [1.82, 2.24) is 0 Å². The van der Waals surface area contributed by atoms with Gasteiger partial charge in [0.05, 0.1) is 19.3 Å². The number of rotatable bonds is 5. The lowest BCUT2D eigenvalue weighted by molar-refractivity contribution is 0.00578. The number of aryl methyl sites for hydroxylation is 1. The lowest BCUT2D eigenvalue weighted by atomic mass is 9.77. The molecule has 134 valence electrons. The molecule has 0 aromatic heterocycles. The molecular formula is C19H33BO3Si. The first-order valence-electron chi connectivity index (χ1n) is 9.11. The van der Waals surface area contributed by atoms with Crippen LogP contribution in [0.5, 0.6) is 5.75 Å². The van der Waals surface area contributed by atoms with Crippen LogP contribution in [-0.2, 0) is 15.7 Å². The van der Waals surface area contributed by atoms with Gasteiger partial charge >= 0.3 is 7.12 Å². The van der Waals surface area contributed by atoms with E-state index in [-0.39, 0.29) is 0 Å². The van der Waals surface area contributed by atoms with Crippen LogP contribution in [0.15, 0.2) is 12.1 Å². The van der Waals surface area contributed by atoms with Gasteiger partial charge in [-0.1, -0.05) is 44.2 Å². The number of phenols is 1. The van der Waals surface area contributed by atoms with E-state index in [9.17, 15) is 5.11 Å². The molecule has 1 fully saturated rings. The van der Waals surface area contributed by atoms with Crippen LogP contribution in [-0.4, -0.2) is 31.5 Å². The summed E-state index contributed by atoms with van der Waals surface area (Å²) >= 11 is 0.